The van der Waals surface area contributed by atoms with Crippen molar-refractivity contribution in [3.8, 4) is 0 Å². The molecule has 1 rings (SSSR count). The van der Waals surface area contributed by atoms with Gasteiger partial charge in [-0.25, -0.2) is 6.08 Å². The summed E-state index contributed by atoms with van der Waals surface area (Å²) in [6, 6.07) is 0. The first-order valence-corrected chi connectivity index (χ1v) is 7.22. The van der Waals surface area contributed by atoms with Crippen LogP contribution in [-0.2, 0) is 31.9 Å². The van der Waals surface area contributed by atoms with Crippen LogP contribution in [0.2, 0.25) is 0 Å². The van der Waals surface area contributed by atoms with Crippen LogP contribution in [0.25, 0.3) is 0 Å². The maximum Gasteiger partial charge on any atom is 1.00 e. The fourth-order valence-corrected chi connectivity index (χ4v) is 0.617. The quantitative estimate of drug-likeness (QED) is 0.389. The van der Waals surface area contributed by atoms with Crippen LogP contribution in [0.3, 0.4) is 0 Å². The van der Waals surface area contributed by atoms with Gasteiger partial charge in [0, 0.05) is 20.0 Å². The molecule has 0 N–H and O–H groups in total. The molecule has 2 nitrogen and oxygen atoms in total. The largest absolute Gasteiger partial charge is 1.00 e. The summed E-state index contributed by atoms with van der Waals surface area (Å²) in [5, 5.41) is 0. The molecule has 0 saturated carbocycles. The number of hydrogen-bond acceptors (Lipinski definition) is 2. The Morgan fingerprint density at radius 3 is 1.85 bits per heavy atom. The van der Waals surface area contributed by atoms with E-state index in [-0.39, 0.29) is 36.6 Å². The Hall–Kier alpha value is 0.830. The Kier molecular flexibility index (Phi) is 13.6. The Morgan fingerprint density at radius 2 is 1.62 bits per heavy atom. The molecular formula is C9H19AuO2P+. The molecule has 13 heavy (non-hydrogen) atoms. The molecule has 0 aliphatic carbocycles. The van der Waals surface area contributed by atoms with E-state index in [1.807, 2.05) is 0 Å². The van der Waals surface area contributed by atoms with Crippen LogP contribution in [0.15, 0.2) is 6.08 Å². The molecule has 0 radical (unpaired) electrons. The van der Waals surface area contributed by atoms with Crippen molar-refractivity contribution >= 4 is 7.92 Å². The molecule has 0 spiro atoms. The predicted molar refractivity (Wildman–Crippen MR) is 55.3 cm³/mol. The van der Waals surface area contributed by atoms with Crippen molar-refractivity contribution in [2.75, 3.05) is 33.2 Å². The first kappa shape index (κ1) is 16.3. The van der Waals surface area contributed by atoms with Gasteiger partial charge in [0.15, 0.2) is 0 Å². The van der Waals surface area contributed by atoms with Gasteiger partial charge in [-0.15, -0.1) is 0 Å². The fraction of sp³-hybridized carbons (Fsp3) is 0.778. The Bertz CT molecular complexity index is 111. The standard InChI is InChI=1S/C6H9O2.C3H9P.Au/c1-2-6-7-4-3-5-8-6;1-4(2)3;/h1-2,6H,3-5H2;1-3H3;/q-1;;+1/p+1. The molecule has 1 saturated heterocycles. The second-order valence-electron chi connectivity index (χ2n) is 3.16. The van der Waals surface area contributed by atoms with E-state index in [9.17, 15) is 0 Å². The molecule has 0 amide bonds. The van der Waals surface area contributed by atoms with Gasteiger partial charge in [0.2, 0.25) is 0 Å². The first-order valence-electron chi connectivity index (χ1n) is 4.22. The average molecular weight is 387 g/mol. The van der Waals surface area contributed by atoms with Crippen LogP contribution < -0.4 is 0 Å². The average Bonchev–Trinajstić information content (AvgIpc) is 2.05. The SMILES string of the molecule is C[PH+](C)C.[Au+].[CH-]=CC1OCCCO1. The van der Waals surface area contributed by atoms with E-state index in [1.54, 1.807) is 0 Å². The monoisotopic (exact) mass is 387 g/mol. The van der Waals surface area contributed by atoms with Crippen LogP contribution in [0.4, 0.5) is 0 Å². The van der Waals surface area contributed by atoms with Crippen molar-refractivity contribution in [2.24, 2.45) is 0 Å². The predicted octanol–water partition coefficient (Wildman–Crippen LogP) is 1.83. The molecule has 1 aliphatic heterocycles. The Balaban J connectivity index is 0. The topological polar surface area (TPSA) is 18.5 Å². The minimum absolute atomic E-state index is 0. The summed E-state index contributed by atoms with van der Waals surface area (Å²) in [5.74, 6) is 0. The molecule has 4 heteroatoms. The van der Waals surface area contributed by atoms with Crippen LogP contribution in [-0.4, -0.2) is 39.5 Å². The number of ether oxygens (including phenoxy) is 2. The molecule has 0 aromatic rings. The van der Waals surface area contributed by atoms with Crippen molar-refractivity contribution in [3.63, 3.8) is 0 Å². The van der Waals surface area contributed by atoms with Gasteiger partial charge >= 0.3 is 22.4 Å². The molecule has 0 aromatic carbocycles. The van der Waals surface area contributed by atoms with Crippen molar-refractivity contribution < 1.29 is 31.9 Å². The summed E-state index contributed by atoms with van der Waals surface area (Å²) < 4.78 is 10.0. The summed E-state index contributed by atoms with van der Waals surface area (Å²) in [7, 11) is 0.120. The number of hydrogen-bond donors (Lipinski definition) is 0. The van der Waals surface area contributed by atoms with E-state index in [2.05, 4.69) is 20.0 Å². The van der Waals surface area contributed by atoms with Gasteiger partial charge in [0.05, 0.1) is 13.2 Å². The summed E-state index contributed by atoms with van der Waals surface area (Å²) >= 11 is 0. The zero-order valence-electron chi connectivity index (χ0n) is 8.47. The molecule has 0 atom stereocenters. The molecule has 1 heterocycles. The van der Waals surface area contributed by atoms with Gasteiger partial charge in [-0.2, -0.15) is 0 Å². The van der Waals surface area contributed by atoms with Gasteiger partial charge < -0.3 is 16.1 Å². The van der Waals surface area contributed by atoms with Crippen LogP contribution in [0, 0.1) is 6.58 Å². The number of rotatable bonds is 1. The summed E-state index contributed by atoms with van der Waals surface area (Å²) in [4.78, 5) is 0. The first-order chi connectivity index (χ1) is 5.66. The van der Waals surface area contributed by atoms with Crippen molar-refractivity contribution in [3.05, 3.63) is 12.7 Å². The molecule has 0 bridgehead atoms. The van der Waals surface area contributed by atoms with Crippen LogP contribution in [0.5, 0.6) is 0 Å². The van der Waals surface area contributed by atoms with Crippen molar-refractivity contribution in [2.45, 2.75) is 12.7 Å². The van der Waals surface area contributed by atoms with Crippen molar-refractivity contribution in [1.29, 1.82) is 0 Å². The Morgan fingerprint density at radius 1 is 1.23 bits per heavy atom. The summed E-state index contributed by atoms with van der Waals surface area (Å²) in [5.41, 5.74) is 0. The van der Waals surface area contributed by atoms with Gasteiger partial charge in [-0.1, -0.05) is 0 Å². The molecule has 1 aliphatic rings. The van der Waals surface area contributed by atoms with Gasteiger partial charge in [0.25, 0.3) is 0 Å². The molecule has 1 fully saturated rings. The molecular weight excluding hydrogens is 368 g/mol. The van der Waals surface area contributed by atoms with E-state index in [4.69, 9.17) is 16.1 Å². The van der Waals surface area contributed by atoms with Crippen LogP contribution in [0.1, 0.15) is 6.42 Å². The zero-order valence-corrected chi connectivity index (χ0v) is 11.6. The van der Waals surface area contributed by atoms with Crippen LogP contribution >= 0.6 is 7.92 Å². The van der Waals surface area contributed by atoms with E-state index in [0.29, 0.717) is 0 Å². The minimum atomic E-state index is -0.260. The maximum absolute atomic E-state index is 5.13. The molecule has 82 valence electrons. The van der Waals surface area contributed by atoms with Gasteiger partial charge in [-0.3, -0.25) is 0 Å². The zero-order chi connectivity index (χ0) is 9.40. The van der Waals surface area contributed by atoms with Gasteiger partial charge in [0.1, 0.15) is 6.29 Å². The molecule has 0 unspecified atom stereocenters. The second kappa shape index (κ2) is 10.9. The smallest absolute Gasteiger partial charge is 0.513 e. The van der Waals surface area contributed by atoms with E-state index >= 15 is 0 Å². The van der Waals surface area contributed by atoms with Crippen molar-refractivity contribution in [1.82, 2.24) is 0 Å². The van der Waals surface area contributed by atoms with E-state index in [1.165, 1.54) is 6.08 Å². The third-order valence-electron chi connectivity index (χ3n) is 1.01. The summed E-state index contributed by atoms with van der Waals surface area (Å²) in [6.45, 7) is 13.5. The normalized spacial score (nSPS) is 16.9. The minimum Gasteiger partial charge on any atom is -0.513 e. The fourth-order valence-electron chi connectivity index (χ4n) is 0.617. The van der Waals surface area contributed by atoms with E-state index in [0.717, 1.165) is 19.6 Å². The Labute approximate surface area is 98.3 Å². The van der Waals surface area contributed by atoms with Gasteiger partial charge in [-0.05, 0) is 14.3 Å². The van der Waals surface area contributed by atoms with E-state index < -0.39 is 0 Å². The maximum atomic E-state index is 5.13. The molecule has 0 aromatic heterocycles. The third-order valence-corrected chi connectivity index (χ3v) is 1.01. The summed E-state index contributed by atoms with van der Waals surface area (Å²) in [6.07, 6.45) is 2.13. The third kappa shape index (κ3) is 12.8. The second-order valence-corrected chi connectivity index (χ2v) is 6.16.